The first kappa shape index (κ1) is 17.9. The highest BCUT2D eigenvalue weighted by molar-refractivity contribution is 5.86. The molecule has 1 aliphatic carbocycles. The van der Waals surface area contributed by atoms with Crippen molar-refractivity contribution >= 4 is 11.9 Å². The monoisotopic (exact) mass is 357 g/mol. The van der Waals surface area contributed by atoms with Gasteiger partial charge in [0.1, 0.15) is 5.75 Å². The van der Waals surface area contributed by atoms with Crippen molar-refractivity contribution in [2.75, 3.05) is 0 Å². The van der Waals surface area contributed by atoms with Crippen LogP contribution in [0.4, 0.5) is 4.39 Å². The lowest BCUT2D eigenvalue weighted by Gasteiger charge is -2.33. The number of halogens is 1. The van der Waals surface area contributed by atoms with Gasteiger partial charge in [-0.05, 0) is 49.6 Å². The minimum absolute atomic E-state index is 0.100. The molecule has 1 aliphatic rings. The van der Waals surface area contributed by atoms with Gasteiger partial charge < -0.3 is 15.2 Å². The van der Waals surface area contributed by atoms with E-state index in [0.29, 0.717) is 24.2 Å². The van der Waals surface area contributed by atoms with Crippen molar-refractivity contribution in [1.82, 2.24) is 5.32 Å². The minimum atomic E-state index is -0.947. The molecular weight excluding hydrogens is 337 g/mol. The molecule has 1 fully saturated rings. The van der Waals surface area contributed by atoms with Crippen molar-refractivity contribution in [3.63, 3.8) is 0 Å². The van der Waals surface area contributed by atoms with Crippen molar-refractivity contribution in [2.24, 2.45) is 11.8 Å². The van der Waals surface area contributed by atoms with Crippen LogP contribution in [0.3, 0.4) is 0 Å². The Kier molecular flexibility index (Phi) is 5.21. The summed E-state index contributed by atoms with van der Waals surface area (Å²) in [6, 6.07) is 13.0. The van der Waals surface area contributed by atoms with Crippen molar-refractivity contribution in [2.45, 2.75) is 25.8 Å². The summed E-state index contributed by atoms with van der Waals surface area (Å²) < 4.78 is 19.8. The topological polar surface area (TPSA) is 75.6 Å². The Labute approximate surface area is 150 Å². The Balaban J connectivity index is 1.65. The second kappa shape index (κ2) is 7.56. The van der Waals surface area contributed by atoms with Crippen LogP contribution in [0.2, 0.25) is 0 Å². The summed E-state index contributed by atoms with van der Waals surface area (Å²) >= 11 is 0. The number of hydrogen-bond donors (Lipinski definition) is 2. The molecule has 3 atom stereocenters. The first-order chi connectivity index (χ1) is 12.5. The van der Waals surface area contributed by atoms with Crippen molar-refractivity contribution in [3.05, 3.63) is 59.9 Å². The van der Waals surface area contributed by atoms with E-state index >= 15 is 0 Å². The number of carbonyl (C=O) groups excluding carboxylic acids is 1. The molecule has 0 spiro atoms. The van der Waals surface area contributed by atoms with E-state index in [1.165, 1.54) is 12.1 Å². The van der Waals surface area contributed by atoms with Gasteiger partial charge in [0.25, 0.3) is 0 Å². The van der Waals surface area contributed by atoms with Gasteiger partial charge in [0.15, 0.2) is 11.6 Å². The van der Waals surface area contributed by atoms with Crippen LogP contribution in [-0.2, 0) is 9.59 Å². The number of benzene rings is 2. The molecule has 2 aromatic carbocycles. The molecule has 0 aliphatic heterocycles. The van der Waals surface area contributed by atoms with Crippen LogP contribution in [0.15, 0.2) is 48.5 Å². The zero-order chi connectivity index (χ0) is 18.7. The van der Waals surface area contributed by atoms with Crippen LogP contribution in [0, 0.1) is 17.7 Å². The Morgan fingerprint density at radius 1 is 1.15 bits per heavy atom. The maximum Gasteiger partial charge on any atom is 0.307 e. The molecule has 2 aromatic rings. The normalized spacial score (nSPS) is 19.9. The Bertz CT molecular complexity index is 809. The predicted molar refractivity (Wildman–Crippen MR) is 93.3 cm³/mol. The van der Waals surface area contributed by atoms with Gasteiger partial charge in [-0.3, -0.25) is 9.59 Å². The molecule has 136 valence electrons. The second-order valence-corrected chi connectivity index (χ2v) is 6.46. The van der Waals surface area contributed by atoms with E-state index in [-0.39, 0.29) is 11.7 Å². The zero-order valence-electron chi connectivity index (χ0n) is 14.3. The quantitative estimate of drug-likeness (QED) is 0.822. The summed E-state index contributed by atoms with van der Waals surface area (Å²) in [5.41, 5.74) is 0.586. The minimum Gasteiger partial charge on any atom is -0.481 e. The zero-order valence-corrected chi connectivity index (χ0v) is 14.3. The van der Waals surface area contributed by atoms with E-state index in [1.54, 1.807) is 37.3 Å². The molecule has 0 radical (unpaired) electrons. The predicted octanol–water partition coefficient (Wildman–Crippen LogP) is 3.91. The number of carbonyl (C=O) groups is 2. The van der Waals surface area contributed by atoms with Crippen LogP contribution < -0.4 is 10.1 Å². The van der Waals surface area contributed by atoms with E-state index < -0.39 is 29.7 Å². The molecule has 1 amide bonds. The third-order valence-electron chi connectivity index (χ3n) is 4.71. The number of rotatable bonds is 6. The molecule has 26 heavy (non-hydrogen) atoms. The first-order valence-electron chi connectivity index (χ1n) is 8.51. The average Bonchev–Trinajstić information content (AvgIpc) is 2.56. The van der Waals surface area contributed by atoms with E-state index in [1.807, 2.05) is 6.07 Å². The highest BCUT2D eigenvalue weighted by Gasteiger charge is 2.41. The number of ether oxygens (including phenoxy) is 1. The molecule has 5 nitrogen and oxygen atoms in total. The number of para-hydroxylation sites is 1. The van der Waals surface area contributed by atoms with Gasteiger partial charge in [-0.1, -0.05) is 24.3 Å². The lowest BCUT2D eigenvalue weighted by molar-refractivity contribution is -0.152. The number of carboxylic acid groups (broad SMARTS) is 1. The van der Waals surface area contributed by atoms with E-state index in [0.717, 1.165) is 0 Å². The van der Waals surface area contributed by atoms with Gasteiger partial charge in [-0.25, -0.2) is 4.39 Å². The van der Waals surface area contributed by atoms with Gasteiger partial charge in [-0.15, -0.1) is 0 Å². The number of nitrogens with one attached hydrogen (secondary N) is 1. The van der Waals surface area contributed by atoms with Crippen LogP contribution in [-0.4, -0.2) is 17.0 Å². The Morgan fingerprint density at radius 2 is 1.85 bits per heavy atom. The van der Waals surface area contributed by atoms with E-state index in [9.17, 15) is 14.0 Å². The lowest BCUT2D eigenvalue weighted by atomic mass is 9.73. The maximum atomic E-state index is 14.3. The maximum absolute atomic E-state index is 14.3. The second-order valence-electron chi connectivity index (χ2n) is 6.46. The van der Waals surface area contributed by atoms with Crippen molar-refractivity contribution < 1.29 is 23.8 Å². The van der Waals surface area contributed by atoms with Crippen molar-refractivity contribution in [1.29, 1.82) is 0 Å². The SMILES string of the molecule is CC(NC(=O)C1CCC1C(=O)O)c1ccc(Oc2ccccc2)c(F)c1. The molecule has 0 aromatic heterocycles. The Morgan fingerprint density at radius 3 is 2.42 bits per heavy atom. The van der Waals surface area contributed by atoms with E-state index in [2.05, 4.69) is 5.32 Å². The molecule has 1 saturated carbocycles. The van der Waals surface area contributed by atoms with Gasteiger partial charge in [0.2, 0.25) is 5.91 Å². The molecule has 0 heterocycles. The summed E-state index contributed by atoms with van der Waals surface area (Å²) in [6.45, 7) is 1.73. The highest BCUT2D eigenvalue weighted by Crippen LogP contribution is 2.35. The number of hydrogen-bond acceptors (Lipinski definition) is 3. The van der Waals surface area contributed by atoms with Gasteiger partial charge in [0.05, 0.1) is 17.9 Å². The number of carboxylic acids is 1. The molecule has 0 bridgehead atoms. The summed E-state index contributed by atoms with van der Waals surface area (Å²) in [5, 5.41) is 11.8. The fraction of sp³-hybridized carbons (Fsp3) is 0.300. The molecule has 2 N–H and O–H groups in total. The molecule has 3 rings (SSSR count). The summed E-state index contributed by atoms with van der Waals surface area (Å²) in [4.78, 5) is 23.3. The molecule has 0 saturated heterocycles. The summed E-state index contributed by atoms with van der Waals surface area (Å²) in [6.07, 6.45) is 1.08. The van der Waals surface area contributed by atoms with Crippen LogP contribution in [0.5, 0.6) is 11.5 Å². The van der Waals surface area contributed by atoms with E-state index in [4.69, 9.17) is 9.84 Å². The third kappa shape index (κ3) is 3.85. The van der Waals surface area contributed by atoms with Gasteiger partial charge >= 0.3 is 5.97 Å². The summed E-state index contributed by atoms with van der Waals surface area (Å²) in [7, 11) is 0. The summed E-state index contributed by atoms with van der Waals surface area (Å²) in [5.74, 6) is -2.28. The van der Waals surface area contributed by atoms with Crippen LogP contribution in [0.25, 0.3) is 0 Å². The first-order valence-corrected chi connectivity index (χ1v) is 8.51. The molecule has 6 heteroatoms. The molecular formula is C20H20FNO4. The Hall–Kier alpha value is -2.89. The largest absolute Gasteiger partial charge is 0.481 e. The molecule has 3 unspecified atom stereocenters. The standard InChI is InChI=1S/C20H20FNO4/c1-12(22-19(23)15-8-9-16(15)20(24)25)13-7-10-18(17(21)11-13)26-14-5-3-2-4-6-14/h2-7,10-12,15-16H,8-9H2,1H3,(H,22,23)(H,24,25). The van der Waals surface area contributed by atoms with Gasteiger partial charge in [0, 0.05) is 0 Å². The highest BCUT2D eigenvalue weighted by atomic mass is 19.1. The third-order valence-corrected chi connectivity index (χ3v) is 4.71. The lowest BCUT2D eigenvalue weighted by Crippen LogP contribution is -2.44. The number of amides is 1. The smallest absolute Gasteiger partial charge is 0.307 e. The van der Waals surface area contributed by atoms with Crippen LogP contribution >= 0.6 is 0 Å². The average molecular weight is 357 g/mol. The van der Waals surface area contributed by atoms with Gasteiger partial charge in [-0.2, -0.15) is 0 Å². The fourth-order valence-corrected chi connectivity index (χ4v) is 3.00. The number of aliphatic carboxylic acids is 1. The van der Waals surface area contributed by atoms with Crippen molar-refractivity contribution in [3.8, 4) is 11.5 Å². The fourth-order valence-electron chi connectivity index (χ4n) is 3.00. The van der Waals surface area contributed by atoms with Crippen LogP contribution in [0.1, 0.15) is 31.4 Å².